The van der Waals surface area contributed by atoms with Crippen LogP contribution in [0.4, 0.5) is 25.1 Å². The van der Waals surface area contributed by atoms with Gasteiger partial charge in [-0.1, -0.05) is 0 Å². The van der Waals surface area contributed by atoms with E-state index >= 15 is 0 Å². The number of alkyl halides is 3. The van der Waals surface area contributed by atoms with E-state index in [9.17, 15) is 13.2 Å². The first kappa shape index (κ1) is 14.0. The van der Waals surface area contributed by atoms with Crippen molar-refractivity contribution >= 4 is 11.9 Å². The molecule has 0 fully saturated rings. The highest BCUT2D eigenvalue weighted by atomic mass is 19.4. The Morgan fingerprint density at radius 3 is 2.65 bits per heavy atom. The number of nitrogens with zero attached hydrogens (tertiary/aromatic N) is 6. The summed E-state index contributed by atoms with van der Waals surface area (Å²) < 4.78 is 37.9. The summed E-state index contributed by atoms with van der Waals surface area (Å²) in [6, 6.07) is 1.66. The van der Waals surface area contributed by atoms with E-state index in [2.05, 4.69) is 20.1 Å². The molecule has 2 heterocycles. The Morgan fingerprint density at radius 2 is 2.05 bits per heavy atom. The van der Waals surface area contributed by atoms with Gasteiger partial charge in [-0.25, -0.2) is 4.68 Å². The Hall–Kier alpha value is -2.39. The molecule has 0 aliphatic carbocycles. The maximum atomic E-state index is 12.2. The van der Waals surface area contributed by atoms with Crippen LogP contribution in [0.25, 0.3) is 5.95 Å². The van der Waals surface area contributed by atoms with E-state index in [0.29, 0.717) is 0 Å². The molecule has 10 heteroatoms. The van der Waals surface area contributed by atoms with Gasteiger partial charge in [0.25, 0.3) is 5.95 Å². The van der Waals surface area contributed by atoms with Gasteiger partial charge in [0.1, 0.15) is 0 Å². The minimum absolute atomic E-state index is 0.0623. The lowest BCUT2D eigenvalue weighted by atomic mass is 10.4. The number of halogens is 3. The summed E-state index contributed by atoms with van der Waals surface area (Å²) in [5.74, 6) is 0.128. The van der Waals surface area contributed by atoms with Gasteiger partial charge in [-0.3, -0.25) is 0 Å². The first-order chi connectivity index (χ1) is 9.35. The Morgan fingerprint density at radius 1 is 1.30 bits per heavy atom. The van der Waals surface area contributed by atoms with Gasteiger partial charge < -0.3 is 10.6 Å². The average molecular weight is 287 g/mol. The van der Waals surface area contributed by atoms with Crippen LogP contribution in [0.2, 0.25) is 0 Å². The first-order valence-electron chi connectivity index (χ1n) is 5.64. The molecular weight excluding hydrogens is 275 g/mol. The zero-order chi connectivity index (χ0) is 14.8. The van der Waals surface area contributed by atoms with E-state index in [1.54, 1.807) is 12.3 Å². The Balaban J connectivity index is 2.20. The molecule has 2 N–H and O–H groups in total. The van der Waals surface area contributed by atoms with Gasteiger partial charge in [0.15, 0.2) is 0 Å². The maximum absolute atomic E-state index is 12.2. The van der Waals surface area contributed by atoms with Crippen LogP contribution < -0.4 is 10.6 Å². The lowest BCUT2D eigenvalue weighted by Gasteiger charge is -2.18. The summed E-state index contributed by atoms with van der Waals surface area (Å²) in [7, 11) is 1.45. The lowest BCUT2D eigenvalue weighted by molar-refractivity contribution is -0.132. The molecule has 0 spiro atoms. The number of rotatable bonds is 4. The van der Waals surface area contributed by atoms with Crippen LogP contribution in [0.3, 0.4) is 0 Å². The van der Waals surface area contributed by atoms with Crippen LogP contribution in [0.5, 0.6) is 0 Å². The molecule has 20 heavy (non-hydrogen) atoms. The van der Waals surface area contributed by atoms with E-state index in [1.807, 2.05) is 0 Å². The third kappa shape index (κ3) is 3.56. The Kier molecular flexibility index (Phi) is 3.72. The second-order valence-corrected chi connectivity index (χ2v) is 4.03. The lowest BCUT2D eigenvalue weighted by Crippen LogP contribution is -2.26. The minimum atomic E-state index is -4.24. The highest BCUT2D eigenvalue weighted by molar-refractivity contribution is 5.36. The van der Waals surface area contributed by atoms with Crippen molar-refractivity contribution in [3.8, 4) is 5.95 Å². The SMILES string of the molecule is CN(CCC(F)(F)F)c1nc(N)nc(-n2cccn2)n1. The Bertz CT molecular complexity index is 567. The molecule has 2 aromatic rings. The van der Waals surface area contributed by atoms with Crippen LogP contribution in [-0.4, -0.2) is 44.5 Å². The van der Waals surface area contributed by atoms with E-state index in [1.165, 1.54) is 22.8 Å². The van der Waals surface area contributed by atoms with Crippen LogP contribution in [0.1, 0.15) is 6.42 Å². The molecule has 108 valence electrons. The van der Waals surface area contributed by atoms with Crippen molar-refractivity contribution in [1.82, 2.24) is 24.7 Å². The zero-order valence-corrected chi connectivity index (χ0v) is 10.5. The van der Waals surface area contributed by atoms with E-state index in [4.69, 9.17) is 5.73 Å². The molecule has 0 atom stereocenters. The average Bonchev–Trinajstić information content (AvgIpc) is 2.88. The fourth-order valence-electron chi connectivity index (χ4n) is 1.42. The number of hydrogen-bond donors (Lipinski definition) is 1. The van der Waals surface area contributed by atoms with E-state index < -0.39 is 12.6 Å². The van der Waals surface area contributed by atoms with Crippen LogP contribution in [-0.2, 0) is 0 Å². The molecule has 0 saturated carbocycles. The van der Waals surface area contributed by atoms with Gasteiger partial charge in [0.05, 0.1) is 6.42 Å². The summed E-state index contributed by atoms with van der Waals surface area (Å²) in [6.07, 6.45) is -2.09. The van der Waals surface area contributed by atoms with Crippen molar-refractivity contribution in [3.05, 3.63) is 18.5 Å². The number of nitrogen functional groups attached to an aromatic ring is 1. The molecule has 7 nitrogen and oxygen atoms in total. The first-order valence-corrected chi connectivity index (χ1v) is 5.64. The summed E-state index contributed by atoms with van der Waals surface area (Å²) in [5, 5.41) is 3.92. The number of aromatic nitrogens is 5. The molecule has 0 aromatic carbocycles. The van der Waals surface area contributed by atoms with Gasteiger partial charge in [0, 0.05) is 26.0 Å². The van der Waals surface area contributed by atoms with Crippen molar-refractivity contribution in [2.45, 2.75) is 12.6 Å². The van der Waals surface area contributed by atoms with E-state index in [0.717, 1.165) is 0 Å². The molecule has 0 aliphatic heterocycles. The molecule has 2 aromatic heterocycles. The number of hydrogen-bond acceptors (Lipinski definition) is 6. The van der Waals surface area contributed by atoms with Crippen molar-refractivity contribution in [2.24, 2.45) is 0 Å². The zero-order valence-electron chi connectivity index (χ0n) is 10.5. The summed E-state index contributed by atoms with van der Waals surface area (Å²) in [5.41, 5.74) is 5.53. The molecule has 0 radical (unpaired) electrons. The monoisotopic (exact) mass is 287 g/mol. The second kappa shape index (κ2) is 5.31. The summed E-state index contributed by atoms with van der Waals surface area (Å²) in [6.45, 7) is -0.272. The fourth-order valence-corrected chi connectivity index (χ4v) is 1.42. The maximum Gasteiger partial charge on any atom is 0.390 e. The van der Waals surface area contributed by atoms with Gasteiger partial charge in [-0.2, -0.15) is 33.2 Å². The van der Waals surface area contributed by atoms with Crippen LogP contribution in [0, 0.1) is 0 Å². The molecule has 0 unspecified atom stereocenters. The molecule has 0 amide bonds. The van der Waals surface area contributed by atoms with Crippen molar-refractivity contribution in [1.29, 1.82) is 0 Å². The summed E-state index contributed by atoms with van der Waals surface area (Å²) in [4.78, 5) is 13.0. The minimum Gasteiger partial charge on any atom is -0.368 e. The predicted octanol–water partition coefficient (Wildman–Crippen LogP) is 1.03. The molecule has 0 aliphatic rings. The van der Waals surface area contributed by atoms with Crippen LogP contribution in [0.15, 0.2) is 18.5 Å². The molecule has 0 bridgehead atoms. The fraction of sp³-hybridized carbons (Fsp3) is 0.400. The summed E-state index contributed by atoms with van der Waals surface area (Å²) >= 11 is 0. The van der Waals surface area contributed by atoms with E-state index in [-0.39, 0.29) is 24.4 Å². The quantitative estimate of drug-likeness (QED) is 0.904. The highest BCUT2D eigenvalue weighted by Gasteiger charge is 2.27. The normalized spacial score (nSPS) is 11.6. The second-order valence-electron chi connectivity index (χ2n) is 4.03. The predicted molar refractivity (Wildman–Crippen MR) is 65.3 cm³/mol. The number of nitrogens with two attached hydrogens (primary N) is 1. The topological polar surface area (TPSA) is 85.8 Å². The number of anilines is 2. The molecule has 2 rings (SSSR count). The third-order valence-electron chi connectivity index (χ3n) is 2.41. The van der Waals surface area contributed by atoms with Crippen molar-refractivity contribution in [2.75, 3.05) is 24.2 Å². The van der Waals surface area contributed by atoms with Gasteiger partial charge in [-0.05, 0) is 6.07 Å². The van der Waals surface area contributed by atoms with Crippen LogP contribution >= 0.6 is 0 Å². The van der Waals surface area contributed by atoms with Gasteiger partial charge in [0.2, 0.25) is 11.9 Å². The largest absolute Gasteiger partial charge is 0.390 e. The molecular formula is C10H12F3N7. The highest BCUT2D eigenvalue weighted by Crippen LogP contribution is 2.20. The van der Waals surface area contributed by atoms with Gasteiger partial charge in [-0.15, -0.1) is 0 Å². The standard InChI is InChI=1S/C10H12F3N7/c1-19(6-3-10(11,12)13)8-16-7(14)17-9(18-8)20-5-2-4-15-20/h2,4-5H,3,6H2,1H3,(H2,14,16,17,18). The molecule has 0 saturated heterocycles. The van der Waals surface area contributed by atoms with Crippen molar-refractivity contribution in [3.63, 3.8) is 0 Å². The smallest absolute Gasteiger partial charge is 0.368 e. The third-order valence-corrected chi connectivity index (χ3v) is 2.41. The van der Waals surface area contributed by atoms with Gasteiger partial charge >= 0.3 is 6.18 Å². The Labute approximate surface area is 112 Å². The van der Waals surface area contributed by atoms with Crippen molar-refractivity contribution < 1.29 is 13.2 Å².